The molecular formula is C26H25ClF3N7. The summed E-state index contributed by atoms with van der Waals surface area (Å²) in [7, 11) is 0. The maximum Gasteiger partial charge on any atom is 0.394 e. The third kappa shape index (κ3) is 2.99. The van der Waals surface area contributed by atoms with Crippen molar-refractivity contribution in [2.45, 2.75) is 62.8 Å². The van der Waals surface area contributed by atoms with Crippen LogP contribution in [0.4, 0.5) is 19.0 Å². The van der Waals surface area contributed by atoms with E-state index in [1.165, 1.54) is 0 Å². The zero-order valence-electron chi connectivity index (χ0n) is 20.0. The van der Waals surface area contributed by atoms with Gasteiger partial charge in [0.2, 0.25) is 0 Å². The lowest BCUT2D eigenvalue weighted by Gasteiger charge is -2.73. The average Bonchev–Trinajstić information content (AvgIpc) is 3.05. The van der Waals surface area contributed by atoms with Crippen molar-refractivity contribution >= 4 is 17.4 Å². The minimum Gasteiger partial charge on any atom is -0.354 e. The smallest absolute Gasteiger partial charge is 0.354 e. The monoisotopic (exact) mass is 527 g/mol. The Morgan fingerprint density at radius 2 is 1.78 bits per heavy atom. The van der Waals surface area contributed by atoms with Crippen molar-refractivity contribution in [1.29, 1.82) is 0 Å². The summed E-state index contributed by atoms with van der Waals surface area (Å²) in [5.74, 6) is 2.97. The lowest BCUT2D eigenvalue weighted by atomic mass is 9.38. The van der Waals surface area contributed by atoms with Crippen LogP contribution in [0.15, 0.2) is 36.8 Å². The molecule has 0 radical (unpaired) electrons. The van der Waals surface area contributed by atoms with E-state index >= 15 is 0 Å². The van der Waals surface area contributed by atoms with Crippen molar-refractivity contribution < 1.29 is 13.2 Å². The standard InChI is InChI=1S/C26H25ClF3N7/c27-18-1-2-19-16(5-18)9-36(25-11-24(12-25,13-25)26(28,29)30)10-21-33-34-22(37(19)21)17-6-23(7-17)14-35(15-23)20-8-31-3-4-32-20/h1-5,8,17H,6-7,9-15H2. The number of benzene rings is 1. The molecular weight excluding hydrogens is 503 g/mol. The van der Waals surface area contributed by atoms with Gasteiger partial charge in [-0.05, 0) is 55.9 Å². The molecule has 7 nitrogen and oxygen atoms in total. The number of rotatable bonds is 3. The van der Waals surface area contributed by atoms with Gasteiger partial charge < -0.3 is 4.90 Å². The second-order valence-corrected chi connectivity index (χ2v) is 12.4. The van der Waals surface area contributed by atoms with Crippen LogP contribution in [-0.2, 0) is 13.1 Å². The number of nitrogens with zero attached hydrogens (tertiary/aromatic N) is 7. The van der Waals surface area contributed by atoms with Crippen molar-refractivity contribution in [2.24, 2.45) is 10.8 Å². The van der Waals surface area contributed by atoms with E-state index in [9.17, 15) is 13.2 Å². The molecule has 0 atom stereocenters. The normalized spacial score (nSPS) is 29.9. The molecule has 0 amide bonds. The number of hydrogen-bond acceptors (Lipinski definition) is 6. The van der Waals surface area contributed by atoms with E-state index in [2.05, 4.69) is 34.5 Å². The molecule has 11 heteroatoms. The largest absolute Gasteiger partial charge is 0.394 e. The number of anilines is 1. The predicted octanol–water partition coefficient (Wildman–Crippen LogP) is 4.90. The van der Waals surface area contributed by atoms with Crippen molar-refractivity contribution in [1.82, 2.24) is 29.6 Å². The SMILES string of the molecule is FC(F)(F)C12CC(N3Cc4cc(Cl)ccc4-n4c(nnc4C4CC5(C4)CN(c4cnccn4)C5)C3)(C1)C2. The summed E-state index contributed by atoms with van der Waals surface area (Å²) < 4.78 is 42.8. The summed E-state index contributed by atoms with van der Waals surface area (Å²) in [6, 6.07) is 5.82. The topological polar surface area (TPSA) is 63.0 Å². The highest BCUT2D eigenvalue weighted by Gasteiger charge is 2.80. The first-order valence-corrected chi connectivity index (χ1v) is 13.1. The number of hydrogen-bond donors (Lipinski definition) is 0. The van der Waals surface area contributed by atoms with Crippen LogP contribution in [0, 0.1) is 10.8 Å². The van der Waals surface area contributed by atoms with Gasteiger partial charge in [0.15, 0.2) is 5.82 Å². The summed E-state index contributed by atoms with van der Waals surface area (Å²) >= 11 is 6.38. The van der Waals surface area contributed by atoms with Gasteiger partial charge in [-0.2, -0.15) is 13.2 Å². The molecule has 1 spiro atoms. The van der Waals surface area contributed by atoms with E-state index in [0.717, 1.165) is 54.6 Å². The second-order valence-electron chi connectivity index (χ2n) is 12.0. The Balaban J connectivity index is 1.06. The fourth-order valence-electron chi connectivity index (χ4n) is 7.80. The van der Waals surface area contributed by atoms with Crippen LogP contribution in [0.25, 0.3) is 5.69 Å². The molecule has 37 heavy (non-hydrogen) atoms. The molecule has 1 saturated heterocycles. The van der Waals surface area contributed by atoms with Crippen LogP contribution in [0.1, 0.15) is 55.2 Å². The highest BCUT2D eigenvalue weighted by Crippen LogP contribution is 2.75. The molecule has 4 saturated carbocycles. The van der Waals surface area contributed by atoms with E-state index in [-0.39, 0.29) is 24.7 Å². The van der Waals surface area contributed by atoms with Gasteiger partial charge in [-0.1, -0.05) is 11.6 Å². The van der Waals surface area contributed by atoms with Gasteiger partial charge in [-0.25, -0.2) is 4.98 Å². The fraction of sp³-hybridized carbons (Fsp3) is 0.538. The Morgan fingerprint density at radius 3 is 2.49 bits per heavy atom. The van der Waals surface area contributed by atoms with Crippen molar-refractivity contribution in [3.8, 4) is 5.69 Å². The lowest BCUT2D eigenvalue weighted by Crippen LogP contribution is -2.78. The average molecular weight is 528 g/mol. The maximum atomic E-state index is 13.6. The Bertz CT molecular complexity index is 1390. The quantitative estimate of drug-likeness (QED) is 0.483. The van der Waals surface area contributed by atoms with Gasteiger partial charge in [0.25, 0.3) is 0 Å². The third-order valence-corrected chi connectivity index (χ3v) is 9.89. The van der Waals surface area contributed by atoms with Crippen LogP contribution in [0.3, 0.4) is 0 Å². The van der Waals surface area contributed by atoms with Crippen molar-refractivity contribution in [3.05, 3.63) is 59.0 Å². The maximum absolute atomic E-state index is 13.6. The van der Waals surface area contributed by atoms with Gasteiger partial charge >= 0.3 is 6.18 Å². The third-order valence-electron chi connectivity index (χ3n) is 9.66. The molecule has 192 valence electrons. The van der Waals surface area contributed by atoms with Crippen LogP contribution in [0.5, 0.6) is 0 Å². The molecule has 1 aromatic carbocycles. The van der Waals surface area contributed by atoms with Crippen LogP contribution in [-0.4, -0.2) is 54.4 Å². The van der Waals surface area contributed by atoms with Gasteiger partial charge in [-0.15, -0.1) is 10.2 Å². The fourth-order valence-corrected chi connectivity index (χ4v) is 8.00. The van der Waals surface area contributed by atoms with Crippen molar-refractivity contribution in [2.75, 3.05) is 18.0 Å². The number of aromatic nitrogens is 5. The van der Waals surface area contributed by atoms with Gasteiger partial charge in [-0.3, -0.25) is 14.5 Å². The van der Waals surface area contributed by atoms with E-state index in [1.54, 1.807) is 18.6 Å². The number of alkyl halides is 3. The first-order valence-electron chi connectivity index (χ1n) is 12.7. The highest BCUT2D eigenvalue weighted by molar-refractivity contribution is 6.30. The Labute approximate surface area is 216 Å². The summed E-state index contributed by atoms with van der Waals surface area (Å²) in [6.07, 6.45) is 3.67. The first kappa shape index (κ1) is 22.3. The molecule has 0 unspecified atom stereocenters. The zero-order chi connectivity index (χ0) is 25.2. The molecule has 2 bridgehead atoms. The zero-order valence-corrected chi connectivity index (χ0v) is 20.8. The van der Waals surface area contributed by atoms with E-state index in [0.29, 0.717) is 24.0 Å². The molecule has 5 fully saturated rings. The van der Waals surface area contributed by atoms with Crippen LogP contribution >= 0.6 is 11.6 Å². The second kappa shape index (κ2) is 7.02. The number of fused-ring (bicyclic) bond motifs is 3. The molecule has 3 aromatic rings. The van der Waals surface area contributed by atoms with Crippen molar-refractivity contribution in [3.63, 3.8) is 0 Å². The lowest BCUT2D eigenvalue weighted by molar-refractivity contribution is -0.364. The highest BCUT2D eigenvalue weighted by atomic mass is 35.5. The summed E-state index contributed by atoms with van der Waals surface area (Å²) in [4.78, 5) is 13.0. The summed E-state index contributed by atoms with van der Waals surface area (Å²) in [5, 5.41) is 9.86. The van der Waals surface area contributed by atoms with E-state index < -0.39 is 17.1 Å². The molecule has 4 aliphatic carbocycles. The summed E-state index contributed by atoms with van der Waals surface area (Å²) in [5.41, 5.74) is 0.384. The Hall–Kier alpha value is -2.72. The minimum atomic E-state index is -4.13. The Kier molecular flexibility index (Phi) is 4.23. The van der Waals surface area contributed by atoms with Gasteiger partial charge in [0.05, 0.1) is 23.8 Å². The molecule has 6 aliphatic rings. The molecule has 0 N–H and O–H groups in total. The number of halogens is 4. The van der Waals surface area contributed by atoms with E-state index in [4.69, 9.17) is 11.6 Å². The molecule has 4 heterocycles. The van der Waals surface area contributed by atoms with Gasteiger partial charge in [0, 0.05) is 53.9 Å². The summed E-state index contributed by atoms with van der Waals surface area (Å²) in [6.45, 7) is 2.99. The van der Waals surface area contributed by atoms with E-state index in [1.807, 2.05) is 18.2 Å². The first-order chi connectivity index (χ1) is 17.7. The Morgan fingerprint density at radius 1 is 1.00 bits per heavy atom. The molecule has 2 aromatic heterocycles. The minimum absolute atomic E-state index is 0.174. The van der Waals surface area contributed by atoms with Gasteiger partial charge in [0.1, 0.15) is 11.6 Å². The predicted molar refractivity (Wildman–Crippen MR) is 129 cm³/mol. The molecule has 2 aliphatic heterocycles. The van der Waals surface area contributed by atoms with Crippen LogP contribution in [0.2, 0.25) is 5.02 Å². The molecule has 9 rings (SSSR count). The van der Waals surface area contributed by atoms with Crippen LogP contribution < -0.4 is 4.90 Å².